The van der Waals surface area contributed by atoms with E-state index in [0.717, 1.165) is 18.5 Å². The lowest BCUT2D eigenvalue weighted by molar-refractivity contribution is -0.137. The molecule has 1 heterocycles. The van der Waals surface area contributed by atoms with E-state index < -0.39 is 6.09 Å². The number of nitrogens with one attached hydrogen (secondary N) is 1. The van der Waals surface area contributed by atoms with Crippen molar-refractivity contribution in [2.75, 3.05) is 13.1 Å². The van der Waals surface area contributed by atoms with Gasteiger partial charge in [-0.05, 0) is 22.8 Å². The number of nitrogens with zero attached hydrogens (tertiary/aromatic N) is 1. The number of benzene rings is 1. The number of likely N-dealkylation sites (tertiary alicyclic amines) is 1. The molecule has 1 saturated heterocycles. The first-order chi connectivity index (χ1) is 12.1. The summed E-state index contributed by atoms with van der Waals surface area (Å²) in [6.07, 6.45) is 1.09. The van der Waals surface area contributed by atoms with E-state index in [-0.39, 0.29) is 29.4 Å². The van der Waals surface area contributed by atoms with Gasteiger partial charge in [0.05, 0.1) is 6.04 Å². The summed E-state index contributed by atoms with van der Waals surface area (Å²) < 4.78 is 5.35. The number of carbonyl (C=O) groups is 2. The first kappa shape index (κ1) is 20.3. The topological polar surface area (TPSA) is 58.6 Å². The highest BCUT2D eigenvalue weighted by atomic mass is 16.5. The summed E-state index contributed by atoms with van der Waals surface area (Å²) in [4.78, 5) is 26.6. The molecule has 5 nitrogen and oxygen atoms in total. The van der Waals surface area contributed by atoms with Crippen LogP contribution in [0.15, 0.2) is 30.3 Å². The lowest BCUT2D eigenvalue weighted by Crippen LogP contribution is -2.54. The third-order valence-corrected chi connectivity index (χ3v) is 4.99. The molecule has 0 radical (unpaired) electrons. The molecule has 0 unspecified atom stereocenters. The highest BCUT2D eigenvalue weighted by Gasteiger charge is 2.35. The van der Waals surface area contributed by atoms with Crippen LogP contribution in [0.25, 0.3) is 0 Å². The second-order valence-corrected chi connectivity index (χ2v) is 9.06. The highest BCUT2D eigenvalue weighted by molar-refractivity contribution is 5.78. The fourth-order valence-electron chi connectivity index (χ4n) is 3.03. The third kappa shape index (κ3) is 6.04. The minimum Gasteiger partial charge on any atom is -0.445 e. The molecular formula is C21H32N2O3. The molecule has 0 aromatic heterocycles. The lowest BCUT2D eigenvalue weighted by atomic mass is 9.81. The Kier molecular flexibility index (Phi) is 6.32. The minimum atomic E-state index is -0.446. The largest absolute Gasteiger partial charge is 0.445 e. The fraction of sp³-hybridized carbons (Fsp3) is 0.619. The van der Waals surface area contributed by atoms with E-state index in [1.54, 1.807) is 0 Å². The number of hydrogen-bond acceptors (Lipinski definition) is 3. The van der Waals surface area contributed by atoms with Crippen molar-refractivity contribution < 1.29 is 14.3 Å². The molecule has 0 saturated carbocycles. The van der Waals surface area contributed by atoms with E-state index in [0.29, 0.717) is 13.0 Å². The molecule has 144 valence electrons. The standard InChI is InChI=1S/C21H32N2O3/c1-20(2,3)17(14-23-12-11-21(4,5)13-18(23)24)22-19(25)26-15-16-9-7-6-8-10-16/h6-10,17H,11-15H2,1-5H3,(H,22,25)/t17-/m1/s1. The maximum atomic E-state index is 12.5. The van der Waals surface area contributed by atoms with Crippen molar-refractivity contribution in [3.63, 3.8) is 0 Å². The average Bonchev–Trinajstić information content (AvgIpc) is 2.54. The normalized spacial score (nSPS) is 18.3. The minimum absolute atomic E-state index is 0.0624. The highest BCUT2D eigenvalue weighted by Crippen LogP contribution is 2.31. The molecule has 5 heteroatoms. The Morgan fingerprint density at radius 3 is 2.50 bits per heavy atom. The van der Waals surface area contributed by atoms with Gasteiger partial charge in [0.25, 0.3) is 0 Å². The van der Waals surface area contributed by atoms with Gasteiger partial charge < -0.3 is 15.0 Å². The van der Waals surface area contributed by atoms with E-state index in [4.69, 9.17) is 4.74 Å². The van der Waals surface area contributed by atoms with Crippen molar-refractivity contribution in [1.29, 1.82) is 0 Å². The number of ether oxygens (including phenoxy) is 1. The molecule has 2 amide bonds. The van der Waals surface area contributed by atoms with Crippen LogP contribution in [-0.4, -0.2) is 36.0 Å². The van der Waals surface area contributed by atoms with E-state index in [2.05, 4.69) is 39.9 Å². The van der Waals surface area contributed by atoms with Crippen LogP contribution in [0.2, 0.25) is 0 Å². The Morgan fingerprint density at radius 2 is 1.92 bits per heavy atom. The molecule has 1 N–H and O–H groups in total. The summed E-state index contributed by atoms with van der Waals surface area (Å²) in [6.45, 7) is 11.9. The molecule has 1 aliphatic heterocycles. The summed E-state index contributed by atoms with van der Waals surface area (Å²) in [7, 11) is 0. The first-order valence-electron chi connectivity index (χ1n) is 9.32. The zero-order chi connectivity index (χ0) is 19.4. The molecule has 1 aromatic rings. The SMILES string of the molecule is CC1(C)CCN(C[C@@H](NC(=O)OCc2ccccc2)C(C)(C)C)C(=O)C1. The summed E-state index contributed by atoms with van der Waals surface area (Å²) in [6, 6.07) is 9.42. The summed E-state index contributed by atoms with van der Waals surface area (Å²) in [5, 5.41) is 2.96. The van der Waals surface area contributed by atoms with Crippen molar-refractivity contribution in [3.8, 4) is 0 Å². The van der Waals surface area contributed by atoms with Crippen molar-refractivity contribution >= 4 is 12.0 Å². The smallest absolute Gasteiger partial charge is 0.407 e. The lowest BCUT2D eigenvalue weighted by Gasteiger charge is -2.40. The van der Waals surface area contributed by atoms with Crippen LogP contribution >= 0.6 is 0 Å². The van der Waals surface area contributed by atoms with Gasteiger partial charge in [-0.3, -0.25) is 4.79 Å². The Bertz CT molecular complexity index is 620. The number of piperidine rings is 1. The molecule has 1 aliphatic rings. The monoisotopic (exact) mass is 360 g/mol. The maximum absolute atomic E-state index is 12.5. The summed E-state index contributed by atoms with van der Waals surface area (Å²) in [5.74, 6) is 0.162. The predicted molar refractivity (Wildman–Crippen MR) is 103 cm³/mol. The Labute approximate surface area is 157 Å². The van der Waals surface area contributed by atoms with Gasteiger partial charge in [-0.1, -0.05) is 65.0 Å². The molecule has 0 bridgehead atoms. The van der Waals surface area contributed by atoms with Crippen LogP contribution in [0.4, 0.5) is 4.79 Å². The van der Waals surface area contributed by atoms with Crippen LogP contribution in [0.5, 0.6) is 0 Å². The number of carbonyl (C=O) groups excluding carboxylic acids is 2. The van der Waals surface area contributed by atoms with Gasteiger partial charge in [0.1, 0.15) is 6.61 Å². The van der Waals surface area contributed by atoms with Crippen molar-refractivity contribution in [1.82, 2.24) is 10.2 Å². The maximum Gasteiger partial charge on any atom is 0.407 e. The van der Waals surface area contributed by atoms with Crippen LogP contribution < -0.4 is 5.32 Å². The van der Waals surface area contributed by atoms with Crippen LogP contribution in [0.1, 0.15) is 53.0 Å². The van der Waals surface area contributed by atoms with Gasteiger partial charge in [0, 0.05) is 19.5 Å². The number of amides is 2. The molecule has 0 spiro atoms. The van der Waals surface area contributed by atoms with Gasteiger partial charge in [-0.15, -0.1) is 0 Å². The van der Waals surface area contributed by atoms with Crippen molar-refractivity contribution in [2.24, 2.45) is 10.8 Å². The first-order valence-corrected chi connectivity index (χ1v) is 9.32. The van der Waals surface area contributed by atoms with Crippen LogP contribution in [0, 0.1) is 10.8 Å². The molecule has 1 fully saturated rings. The van der Waals surface area contributed by atoms with Crippen LogP contribution in [0.3, 0.4) is 0 Å². The van der Waals surface area contributed by atoms with E-state index in [9.17, 15) is 9.59 Å². The van der Waals surface area contributed by atoms with E-state index in [1.807, 2.05) is 35.2 Å². The van der Waals surface area contributed by atoms with Crippen molar-refractivity contribution in [3.05, 3.63) is 35.9 Å². The zero-order valence-corrected chi connectivity index (χ0v) is 16.7. The Balaban J connectivity index is 1.93. The molecular weight excluding hydrogens is 328 g/mol. The summed E-state index contributed by atoms with van der Waals surface area (Å²) >= 11 is 0. The molecule has 1 atom stereocenters. The van der Waals surface area contributed by atoms with Gasteiger partial charge in [-0.25, -0.2) is 4.79 Å². The van der Waals surface area contributed by atoms with Crippen molar-refractivity contribution in [2.45, 2.75) is 60.1 Å². The third-order valence-electron chi connectivity index (χ3n) is 4.99. The molecule has 26 heavy (non-hydrogen) atoms. The zero-order valence-electron chi connectivity index (χ0n) is 16.7. The van der Waals surface area contributed by atoms with E-state index in [1.165, 1.54) is 0 Å². The number of hydrogen-bond donors (Lipinski definition) is 1. The van der Waals surface area contributed by atoms with Gasteiger partial charge >= 0.3 is 6.09 Å². The van der Waals surface area contributed by atoms with Crippen LogP contribution in [-0.2, 0) is 16.1 Å². The van der Waals surface area contributed by atoms with E-state index >= 15 is 0 Å². The van der Waals surface area contributed by atoms with Gasteiger partial charge in [0.15, 0.2) is 0 Å². The summed E-state index contributed by atoms with van der Waals surface area (Å²) in [5.41, 5.74) is 0.828. The quantitative estimate of drug-likeness (QED) is 0.864. The van der Waals surface area contributed by atoms with Gasteiger partial charge in [-0.2, -0.15) is 0 Å². The molecule has 0 aliphatic carbocycles. The Hall–Kier alpha value is -2.04. The fourth-order valence-corrected chi connectivity index (χ4v) is 3.03. The molecule has 1 aromatic carbocycles. The second kappa shape index (κ2) is 8.11. The van der Waals surface area contributed by atoms with Gasteiger partial charge in [0.2, 0.25) is 5.91 Å². The second-order valence-electron chi connectivity index (χ2n) is 9.06. The number of rotatable bonds is 5. The predicted octanol–water partition coefficient (Wildman–Crippen LogP) is 3.98. The Morgan fingerprint density at radius 1 is 1.27 bits per heavy atom. The average molecular weight is 360 g/mol. The molecule has 2 rings (SSSR count). The number of alkyl carbamates (subject to hydrolysis) is 1.